The van der Waals surface area contributed by atoms with E-state index in [0.29, 0.717) is 78.7 Å². The van der Waals surface area contributed by atoms with Crippen LogP contribution in [0.3, 0.4) is 0 Å². The van der Waals surface area contributed by atoms with Crippen LogP contribution in [0.25, 0.3) is 44.7 Å². The minimum absolute atomic E-state index is 0.0505. The average molecular weight is 1000 g/mol. The summed E-state index contributed by atoms with van der Waals surface area (Å²) in [5.74, 6) is 0.483. The highest BCUT2D eigenvalue weighted by atomic mass is 32.1. The van der Waals surface area contributed by atoms with Crippen LogP contribution in [-0.4, -0.2) is 110 Å². The zero-order valence-electron chi connectivity index (χ0n) is 41.6. The number of aromatic nitrogens is 5. The topological polar surface area (TPSA) is 198 Å². The zero-order chi connectivity index (χ0) is 50.5. The van der Waals surface area contributed by atoms with E-state index in [-0.39, 0.29) is 47.9 Å². The summed E-state index contributed by atoms with van der Waals surface area (Å²) in [6, 6.07) is 13.4. The predicted octanol–water partition coefficient (Wildman–Crippen LogP) is 9.43. The zero-order valence-corrected chi connectivity index (χ0v) is 42.4. The van der Waals surface area contributed by atoms with Crippen molar-refractivity contribution in [3.05, 3.63) is 88.1 Å². The number of aromatic amines is 2. The van der Waals surface area contributed by atoms with E-state index in [4.69, 9.17) is 28.9 Å². The number of hydrogen-bond acceptors (Lipinski definition) is 11. The largest absolute Gasteiger partial charge is 0.464 e. The first kappa shape index (κ1) is 48.9. The molecule has 0 radical (unpaired) electrons. The molecular formula is C53H62FN9O8S. The number of aryl methyl sites for hydroxylation is 1. The summed E-state index contributed by atoms with van der Waals surface area (Å²) in [5, 5.41) is 6.42. The van der Waals surface area contributed by atoms with Gasteiger partial charge in [-0.3, -0.25) is 14.2 Å². The van der Waals surface area contributed by atoms with Crippen LogP contribution in [-0.2, 0) is 30.2 Å². The minimum atomic E-state index is -0.773. The normalized spacial score (nSPS) is 22.6. The third kappa shape index (κ3) is 9.20. The molecule has 19 heteroatoms. The molecule has 0 bridgehead atoms. The summed E-state index contributed by atoms with van der Waals surface area (Å²) in [5.41, 5.74) is 4.62. The molecule has 6 aromatic rings. The number of ether oxygens (including phenoxy) is 4. The number of benzene rings is 2. The van der Waals surface area contributed by atoms with Gasteiger partial charge in [0.05, 0.1) is 83.9 Å². The third-order valence-electron chi connectivity index (χ3n) is 14.7. The number of nitrogens with one attached hydrogen (secondary N) is 4. The maximum atomic E-state index is 16.9. The number of fused-ring (bicyclic) bond motifs is 5. The first-order valence-electron chi connectivity index (χ1n) is 25.0. The van der Waals surface area contributed by atoms with Crippen molar-refractivity contribution in [1.82, 2.24) is 44.9 Å². The van der Waals surface area contributed by atoms with E-state index in [2.05, 4.69) is 50.3 Å². The fourth-order valence-corrected chi connectivity index (χ4v) is 12.3. The first-order valence-corrected chi connectivity index (χ1v) is 25.8. The lowest BCUT2D eigenvalue weighted by molar-refractivity contribution is -0.138. The van der Waals surface area contributed by atoms with Crippen molar-refractivity contribution in [3.8, 4) is 39.5 Å². The van der Waals surface area contributed by atoms with Gasteiger partial charge in [-0.05, 0) is 113 Å². The van der Waals surface area contributed by atoms with Crippen LogP contribution in [0.5, 0.6) is 5.75 Å². The monoisotopic (exact) mass is 1000 g/mol. The van der Waals surface area contributed by atoms with Crippen molar-refractivity contribution >= 4 is 46.2 Å². The fourth-order valence-electron chi connectivity index (χ4n) is 11.3. The number of rotatable bonds is 12. The average Bonchev–Trinajstić information content (AvgIpc) is 4.23. The quantitative estimate of drug-likeness (QED) is 0.0916. The number of likely N-dealkylation sites (tertiary alicyclic amines) is 2. The molecule has 8 atom stereocenters. The molecule has 3 fully saturated rings. The highest BCUT2D eigenvalue weighted by Crippen LogP contribution is 2.48. The Hall–Kier alpha value is -6.73. The Labute approximate surface area is 421 Å². The van der Waals surface area contributed by atoms with Gasteiger partial charge in [-0.25, -0.2) is 23.9 Å². The van der Waals surface area contributed by atoms with E-state index in [9.17, 15) is 19.2 Å². The Bertz CT molecular complexity index is 3010. The molecule has 10 rings (SSSR count). The number of methoxy groups -OCH3 is 2. The van der Waals surface area contributed by atoms with Crippen molar-refractivity contribution in [1.29, 1.82) is 0 Å². The van der Waals surface area contributed by atoms with Crippen LogP contribution in [0, 0.1) is 17.7 Å². The molecule has 2 aromatic carbocycles. The lowest BCUT2D eigenvalue weighted by Gasteiger charge is -2.38. The standard InChI is InChI=1S/C53H62FN9O8S/c1-8-34-14-16-43(72-34)51-63-38-15-13-30(36-25-55-47(57-36)40-12-10-18-62(40)50(65)46(60-53(67)69-7)33-19-28(4)70-29(5)20-33)21-32(38)23-41(63)44-35(54)22-31(24-42(44)71-51)37-26-56-48(58-37)39-11-9-17-61(39)49(64)45(27(2)3)59-52(66)68-6/h13-16,21-29,33,39-40,45-46,51H,8-12,17-20H2,1-7H3,(H,55,57)(H,56,58)(H,59,66)(H,60,67)/t28-,29+,33?,39-,40-,45-,46+,51?/m0/s1. The summed E-state index contributed by atoms with van der Waals surface area (Å²) >= 11 is 1.66. The van der Waals surface area contributed by atoms with Crippen LogP contribution in [0.15, 0.2) is 60.9 Å². The van der Waals surface area contributed by atoms with Crippen molar-refractivity contribution in [2.45, 2.75) is 122 Å². The van der Waals surface area contributed by atoms with E-state index in [1.54, 1.807) is 28.6 Å². The molecule has 0 aliphatic carbocycles. The number of carbonyl (C=O) groups is 4. The lowest BCUT2D eigenvalue weighted by atomic mass is 9.85. The molecule has 0 saturated carbocycles. The molecule has 72 heavy (non-hydrogen) atoms. The molecule has 4 aliphatic heterocycles. The third-order valence-corrected chi connectivity index (χ3v) is 16.0. The molecule has 4 aromatic heterocycles. The molecule has 17 nitrogen and oxygen atoms in total. The van der Waals surface area contributed by atoms with Crippen LogP contribution in [0.2, 0.25) is 0 Å². The van der Waals surface area contributed by atoms with Crippen LogP contribution in [0.4, 0.5) is 14.0 Å². The smallest absolute Gasteiger partial charge is 0.407 e. The molecule has 0 spiro atoms. The summed E-state index contributed by atoms with van der Waals surface area (Å²) < 4.78 is 41.6. The maximum absolute atomic E-state index is 16.9. The van der Waals surface area contributed by atoms with E-state index < -0.39 is 36.3 Å². The molecule has 2 unspecified atom stereocenters. The summed E-state index contributed by atoms with van der Waals surface area (Å²) in [7, 11) is 2.57. The van der Waals surface area contributed by atoms with Gasteiger partial charge < -0.3 is 49.3 Å². The van der Waals surface area contributed by atoms with Gasteiger partial charge in [-0.15, -0.1) is 11.3 Å². The van der Waals surface area contributed by atoms with Crippen molar-refractivity contribution in [3.63, 3.8) is 0 Å². The predicted molar refractivity (Wildman–Crippen MR) is 269 cm³/mol. The van der Waals surface area contributed by atoms with E-state index >= 15 is 4.39 Å². The van der Waals surface area contributed by atoms with Crippen molar-refractivity contribution < 1.29 is 42.5 Å². The van der Waals surface area contributed by atoms with E-state index in [1.165, 1.54) is 25.2 Å². The second kappa shape index (κ2) is 20.1. The van der Waals surface area contributed by atoms with Gasteiger partial charge in [0.15, 0.2) is 0 Å². The van der Waals surface area contributed by atoms with Crippen LogP contribution >= 0.6 is 11.3 Å². The molecule has 8 heterocycles. The van der Waals surface area contributed by atoms with E-state index in [0.717, 1.165) is 46.3 Å². The minimum Gasteiger partial charge on any atom is -0.464 e. The van der Waals surface area contributed by atoms with Gasteiger partial charge >= 0.3 is 12.2 Å². The Balaban J connectivity index is 0.945. The summed E-state index contributed by atoms with van der Waals surface area (Å²) in [6.45, 7) is 10.9. The Kier molecular flexibility index (Phi) is 13.6. The Morgan fingerprint density at radius 1 is 0.833 bits per heavy atom. The number of halogens is 1. The molecule has 4 aliphatic rings. The second-order valence-corrected chi connectivity index (χ2v) is 21.0. The van der Waals surface area contributed by atoms with Crippen LogP contribution < -0.4 is 15.4 Å². The number of imidazole rings is 2. The SMILES string of the molecule is CCc1ccc(C2Oc3cc(-c4cnc([C@@H]5CCCN5C(=O)[C@@H](NC(=O)OC)C(C)C)[nH]4)cc(F)c3-c3cc4cc(-c5cnc([C@@H]6CCCN6C(=O)[C@H](NC(=O)OC)C6C[C@@H](C)O[C@@H](C)C6)[nH]5)ccc4n32)s1. The number of alkyl carbamates (subject to hydrolysis) is 2. The number of thiophene rings is 1. The highest BCUT2D eigenvalue weighted by molar-refractivity contribution is 7.12. The Morgan fingerprint density at radius 2 is 1.47 bits per heavy atom. The number of H-pyrrole nitrogens is 2. The number of amides is 4. The maximum Gasteiger partial charge on any atom is 0.407 e. The van der Waals surface area contributed by atoms with Crippen molar-refractivity contribution in [2.75, 3.05) is 27.3 Å². The van der Waals surface area contributed by atoms with Gasteiger partial charge in [0.25, 0.3) is 0 Å². The number of carbonyl (C=O) groups excluding carboxylic acids is 4. The van der Waals surface area contributed by atoms with Gasteiger partial charge in [0, 0.05) is 34.5 Å². The second-order valence-electron chi connectivity index (χ2n) is 19.8. The van der Waals surface area contributed by atoms with Gasteiger partial charge in [0.2, 0.25) is 18.0 Å². The van der Waals surface area contributed by atoms with Crippen LogP contribution in [0.1, 0.15) is 113 Å². The van der Waals surface area contributed by atoms with E-state index in [1.807, 2.05) is 56.9 Å². The van der Waals surface area contributed by atoms with Crippen molar-refractivity contribution in [2.24, 2.45) is 11.8 Å². The Morgan fingerprint density at radius 3 is 2.10 bits per heavy atom. The molecule has 380 valence electrons. The molecule has 4 amide bonds. The summed E-state index contributed by atoms with van der Waals surface area (Å²) in [4.78, 5) is 75.2. The van der Waals surface area contributed by atoms with Gasteiger partial charge in [0.1, 0.15) is 35.3 Å². The first-order chi connectivity index (χ1) is 34.7. The lowest BCUT2D eigenvalue weighted by Crippen LogP contribution is -2.54. The highest BCUT2D eigenvalue weighted by Gasteiger charge is 2.43. The number of hydrogen-bond donors (Lipinski definition) is 4. The fraction of sp³-hybridized carbons (Fsp3) is 0.472. The van der Waals surface area contributed by atoms with Gasteiger partial charge in [-0.1, -0.05) is 26.8 Å². The molecule has 4 N–H and O–H groups in total. The summed E-state index contributed by atoms with van der Waals surface area (Å²) in [6.07, 6.45) is 6.51. The number of nitrogens with zero attached hydrogens (tertiary/aromatic N) is 5. The molecule has 3 saturated heterocycles. The molecular weight excluding hydrogens is 942 g/mol. The van der Waals surface area contributed by atoms with Gasteiger partial charge in [-0.2, -0.15) is 0 Å².